The summed E-state index contributed by atoms with van der Waals surface area (Å²) in [4.78, 5) is 0. The van der Waals surface area contributed by atoms with Crippen LogP contribution in [0.2, 0.25) is 0 Å². The highest BCUT2D eigenvalue weighted by atomic mass is 16.3. The van der Waals surface area contributed by atoms with Crippen LogP contribution in [-0.4, -0.2) is 23.8 Å². The van der Waals surface area contributed by atoms with Gasteiger partial charge in [-0.1, -0.05) is 33.1 Å². The van der Waals surface area contributed by atoms with E-state index in [1.807, 2.05) is 0 Å². The number of aliphatic hydroxyl groups is 1. The molecule has 2 N–H and O–H groups in total. The van der Waals surface area contributed by atoms with Gasteiger partial charge in [-0.25, -0.2) is 0 Å². The fourth-order valence-corrected chi connectivity index (χ4v) is 3.42. The van der Waals surface area contributed by atoms with Crippen molar-refractivity contribution in [3.05, 3.63) is 0 Å². The number of hydrogen-bond acceptors (Lipinski definition) is 2. The van der Waals surface area contributed by atoms with Crippen LogP contribution >= 0.6 is 0 Å². The lowest BCUT2D eigenvalue weighted by molar-refractivity contribution is 0.0657. The van der Waals surface area contributed by atoms with Crippen LogP contribution in [0.15, 0.2) is 0 Å². The first-order chi connectivity index (χ1) is 7.59. The predicted molar refractivity (Wildman–Crippen MR) is 67.4 cm³/mol. The van der Waals surface area contributed by atoms with Gasteiger partial charge in [0.25, 0.3) is 0 Å². The maximum atomic E-state index is 9.93. The Morgan fingerprint density at radius 1 is 1.12 bits per heavy atom. The Hall–Kier alpha value is -0.0800. The second-order valence-electron chi connectivity index (χ2n) is 6.45. The van der Waals surface area contributed by atoms with Crippen molar-refractivity contribution in [2.24, 2.45) is 11.3 Å². The molecule has 2 aliphatic carbocycles. The van der Waals surface area contributed by atoms with Gasteiger partial charge in [0.1, 0.15) is 0 Å². The molecule has 0 aromatic carbocycles. The van der Waals surface area contributed by atoms with Gasteiger partial charge in [-0.15, -0.1) is 0 Å². The van der Waals surface area contributed by atoms with E-state index in [1.165, 1.54) is 38.5 Å². The first-order valence-electron chi connectivity index (χ1n) is 7.01. The molecule has 0 saturated heterocycles. The topological polar surface area (TPSA) is 32.3 Å². The number of aliphatic hydroxyl groups excluding tert-OH is 1. The SMILES string of the molecule is CC1(C)CCCC1NCC1CCCCC1O. The van der Waals surface area contributed by atoms with E-state index in [1.54, 1.807) is 0 Å². The third-order valence-electron chi connectivity index (χ3n) is 4.75. The number of hydrogen-bond donors (Lipinski definition) is 2. The summed E-state index contributed by atoms with van der Waals surface area (Å²) in [5.41, 5.74) is 0.458. The zero-order valence-corrected chi connectivity index (χ0v) is 10.8. The van der Waals surface area contributed by atoms with Gasteiger partial charge >= 0.3 is 0 Å². The summed E-state index contributed by atoms with van der Waals surface area (Å²) in [6, 6.07) is 0.668. The van der Waals surface area contributed by atoms with Crippen molar-refractivity contribution in [1.82, 2.24) is 5.32 Å². The number of nitrogens with one attached hydrogen (secondary N) is 1. The van der Waals surface area contributed by atoms with Crippen molar-refractivity contribution in [1.29, 1.82) is 0 Å². The zero-order chi connectivity index (χ0) is 11.6. The molecule has 94 valence electrons. The van der Waals surface area contributed by atoms with E-state index in [-0.39, 0.29) is 6.10 Å². The molecule has 2 heteroatoms. The van der Waals surface area contributed by atoms with Crippen LogP contribution in [0.1, 0.15) is 58.8 Å². The average molecular weight is 225 g/mol. The van der Waals surface area contributed by atoms with Crippen LogP contribution in [-0.2, 0) is 0 Å². The maximum absolute atomic E-state index is 9.93. The second kappa shape index (κ2) is 5.05. The second-order valence-corrected chi connectivity index (χ2v) is 6.45. The Morgan fingerprint density at radius 3 is 2.50 bits per heavy atom. The Kier molecular flexibility index (Phi) is 3.91. The van der Waals surface area contributed by atoms with Gasteiger partial charge in [-0.2, -0.15) is 0 Å². The van der Waals surface area contributed by atoms with Gasteiger partial charge in [0.2, 0.25) is 0 Å². The minimum atomic E-state index is -0.0502. The van der Waals surface area contributed by atoms with Gasteiger partial charge in [-0.05, 0) is 37.0 Å². The summed E-state index contributed by atoms with van der Waals surface area (Å²) in [6.45, 7) is 5.76. The van der Waals surface area contributed by atoms with E-state index in [2.05, 4.69) is 19.2 Å². The molecule has 16 heavy (non-hydrogen) atoms. The van der Waals surface area contributed by atoms with Gasteiger partial charge in [0.05, 0.1) is 6.10 Å². The van der Waals surface area contributed by atoms with Crippen LogP contribution < -0.4 is 5.32 Å². The molecule has 3 atom stereocenters. The summed E-state index contributed by atoms with van der Waals surface area (Å²) in [6.07, 6.45) is 8.71. The molecule has 0 bridgehead atoms. The predicted octanol–water partition coefficient (Wildman–Crippen LogP) is 2.71. The van der Waals surface area contributed by atoms with Crippen molar-refractivity contribution in [2.75, 3.05) is 6.54 Å². The molecule has 2 nitrogen and oxygen atoms in total. The van der Waals surface area contributed by atoms with E-state index < -0.39 is 0 Å². The Morgan fingerprint density at radius 2 is 1.88 bits per heavy atom. The van der Waals surface area contributed by atoms with Crippen molar-refractivity contribution >= 4 is 0 Å². The van der Waals surface area contributed by atoms with Gasteiger partial charge in [0, 0.05) is 12.6 Å². The van der Waals surface area contributed by atoms with E-state index in [9.17, 15) is 5.11 Å². The van der Waals surface area contributed by atoms with Gasteiger partial charge in [-0.3, -0.25) is 0 Å². The molecule has 2 rings (SSSR count). The fourth-order valence-electron chi connectivity index (χ4n) is 3.42. The highest BCUT2D eigenvalue weighted by molar-refractivity contribution is 4.91. The lowest BCUT2D eigenvalue weighted by Crippen LogP contribution is -2.43. The standard InChI is InChI=1S/C14H27NO/c1-14(2)9-5-8-13(14)15-10-11-6-3-4-7-12(11)16/h11-13,15-16H,3-10H2,1-2H3. The highest BCUT2D eigenvalue weighted by Crippen LogP contribution is 2.37. The van der Waals surface area contributed by atoms with Crippen LogP contribution in [0, 0.1) is 11.3 Å². The molecule has 2 aliphatic rings. The lowest BCUT2D eigenvalue weighted by atomic mass is 9.84. The summed E-state index contributed by atoms with van der Waals surface area (Å²) in [5.74, 6) is 0.505. The van der Waals surface area contributed by atoms with Crippen molar-refractivity contribution < 1.29 is 5.11 Å². The molecule has 0 heterocycles. The van der Waals surface area contributed by atoms with Crippen molar-refractivity contribution in [3.8, 4) is 0 Å². The van der Waals surface area contributed by atoms with Crippen LogP contribution in [0.3, 0.4) is 0 Å². The first-order valence-corrected chi connectivity index (χ1v) is 7.01. The third kappa shape index (κ3) is 2.78. The lowest BCUT2D eigenvalue weighted by Gasteiger charge is -2.33. The quantitative estimate of drug-likeness (QED) is 0.774. The van der Waals surface area contributed by atoms with E-state index >= 15 is 0 Å². The zero-order valence-electron chi connectivity index (χ0n) is 10.8. The van der Waals surface area contributed by atoms with Crippen molar-refractivity contribution in [3.63, 3.8) is 0 Å². The molecule has 2 fully saturated rings. The van der Waals surface area contributed by atoms with Crippen molar-refractivity contribution in [2.45, 2.75) is 70.9 Å². The molecule has 3 unspecified atom stereocenters. The van der Waals surface area contributed by atoms with E-state index in [0.717, 1.165) is 13.0 Å². The van der Waals surface area contributed by atoms with E-state index in [0.29, 0.717) is 17.4 Å². The van der Waals surface area contributed by atoms with Gasteiger partial charge in [0.15, 0.2) is 0 Å². The Bertz CT molecular complexity index is 227. The van der Waals surface area contributed by atoms with E-state index in [4.69, 9.17) is 0 Å². The highest BCUT2D eigenvalue weighted by Gasteiger charge is 2.34. The summed E-state index contributed by atoms with van der Waals surface area (Å²) in [5, 5.41) is 13.6. The Balaban J connectivity index is 1.78. The average Bonchev–Trinajstić information content (AvgIpc) is 2.57. The smallest absolute Gasteiger partial charge is 0.0580 e. The molecular formula is C14H27NO. The van der Waals surface area contributed by atoms with Gasteiger partial charge < -0.3 is 10.4 Å². The molecule has 0 amide bonds. The largest absolute Gasteiger partial charge is 0.393 e. The molecule has 0 radical (unpaired) electrons. The molecular weight excluding hydrogens is 198 g/mol. The summed E-state index contributed by atoms with van der Waals surface area (Å²) < 4.78 is 0. The summed E-state index contributed by atoms with van der Waals surface area (Å²) >= 11 is 0. The molecule has 0 spiro atoms. The van der Waals surface area contributed by atoms with Crippen LogP contribution in [0.25, 0.3) is 0 Å². The summed E-state index contributed by atoms with van der Waals surface area (Å²) in [7, 11) is 0. The minimum Gasteiger partial charge on any atom is -0.393 e. The molecule has 2 saturated carbocycles. The third-order valence-corrected chi connectivity index (χ3v) is 4.75. The van der Waals surface area contributed by atoms with Crippen LogP contribution in [0.5, 0.6) is 0 Å². The first kappa shape index (κ1) is 12.4. The fraction of sp³-hybridized carbons (Fsp3) is 1.00. The minimum absolute atomic E-state index is 0.0502. The molecule has 0 aromatic rings. The monoisotopic (exact) mass is 225 g/mol. The Labute approximate surface area is 99.8 Å². The molecule has 0 aliphatic heterocycles. The maximum Gasteiger partial charge on any atom is 0.0580 e. The number of rotatable bonds is 3. The molecule has 0 aromatic heterocycles. The normalized spacial score (nSPS) is 38.8. The van der Waals surface area contributed by atoms with Crippen LogP contribution in [0.4, 0.5) is 0 Å².